The molecule has 0 aliphatic rings. The second-order valence-corrected chi connectivity index (χ2v) is 3.01. The van der Waals surface area contributed by atoms with Gasteiger partial charge in [-0.1, -0.05) is 0 Å². The molecule has 1 amide bonds. The van der Waals surface area contributed by atoms with E-state index in [1.165, 1.54) is 6.92 Å². The van der Waals surface area contributed by atoms with Gasteiger partial charge in [0, 0.05) is 13.5 Å². The first kappa shape index (κ1) is 12.1. The number of carbonyl (C=O) groups is 2. The van der Waals surface area contributed by atoms with Gasteiger partial charge in [0.2, 0.25) is 5.91 Å². The van der Waals surface area contributed by atoms with Crippen molar-refractivity contribution < 1.29 is 9.59 Å². The molecule has 0 aromatic carbocycles. The summed E-state index contributed by atoms with van der Waals surface area (Å²) < 4.78 is 0. The Morgan fingerprint density at radius 1 is 1.46 bits per heavy atom. The van der Waals surface area contributed by atoms with Crippen LogP contribution in [0.2, 0.25) is 0 Å². The van der Waals surface area contributed by atoms with Crippen LogP contribution in [0, 0.1) is 0 Å². The van der Waals surface area contributed by atoms with Gasteiger partial charge < -0.3 is 15.4 Å². The van der Waals surface area contributed by atoms with Crippen molar-refractivity contribution in [2.75, 3.05) is 13.6 Å². The molecule has 0 bridgehead atoms. The van der Waals surface area contributed by atoms with Crippen LogP contribution < -0.4 is 10.6 Å². The van der Waals surface area contributed by atoms with E-state index in [9.17, 15) is 9.59 Å². The van der Waals surface area contributed by atoms with E-state index in [1.807, 2.05) is 0 Å². The molecule has 0 aromatic heterocycles. The maximum absolute atomic E-state index is 10.5. The van der Waals surface area contributed by atoms with Crippen molar-refractivity contribution in [3.05, 3.63) is 0 Å². The highest BCUT2D eigenvalue weighted by Crippen LogP contribution is 1.97. The van der Waals surface area contributed by atoms with Gasteiger partial charge in [-0.15, -0.1) is 0 Å². The average Bonchev–Trinajstić information content (AvgIpc) is 2.11. The molecular formula is C9H18N2O2. The standard InChI is InChI=1S/C9H18N2O2/c1-8(13)11-6-4-3-5-9(7-12)10-2/h7,9-10H,3-6H2,1-2H3,(H,11,13)/i2+1. The predicted molar refractivity (Wildman–Crippen MR) is 51.4 cm³/mol. The number of aldehydes is 1. The number of hydrogen-bond acceptors (Lipinski definition) is 3. The summed E-state index contributed by atoms with van der Waals surface area (Å²) in [7, 11) is 1.77. The Morgan fingerprint density at radius 3 is 2.62 bits per heavy atom. The van der Waals surface area contributed by atoms with Crippen molar-refractivity contribution in [1.29, 1.82) is 0 Å². The van der Waals surface area contributed by atoms with Crippen LogP contribution >= 0.6 is 0 Å². The van der Waals surface area contributed by atoms with Gasteiger partial charge >= 0.3 is 0 Å². The van der Waals surface area contributed by atoms with Crippen LogP contribution in [-0.2, 0) is 9.59 Å². The summed E-state index contributed by atoms with van der Waals surface area (Å²) >= 11 is 0. The second-order valence-electron chi connectivity index (χ2n) is 3.01. The molecule has 4 nitrogen and oxygen atoms in total. The van der Waals surface area contributed by atoms with E-state index in [0.717, 1.165) is 25.5 Å². The molecule has 2 N–H and O–H groups in total. The maximum Gasteiger partial charge on any atom is 0.216 e. The van der Waals surface area contributed by atoms with Gasteiger partial charge in [0.05, 0.1) is 6.04 Å². The molecule has 4 heteroatoms. The number of carbonyl (C=O) groups excluding carboxylic acids is 2. The monoisotopic (exact) mass is 187 g/mol. The average molecular weight is 187 g/mol. The molecular weight excluding hydrogens is 169 g/mol. The number of amides is 1. The lowest BCUT2D eigenvalue weighted by Crippen LogP contribution is -2.27. The van der Waals surface area contributed by atoms with E-state index in [4.69, 9.17) is 0 Å². The van der Waals surface area contributed by atoms with Crippen molar-refractivity contribution >= 4 is 12.2 Å². The molecule has 0 aliphatic heterocycles. The molecule has 0 saturated heterocycles. The van der Waals surface area contributed by atoms with Gasteiger partial charge in [0.15, 0.2) is 0 Å². The Balaban J connectivity index is 3.24. The molecule has 0 rings (SSSR count). The molecule has 0 fully saturated rings. The first-order valence-corrected chi connectivity index (χ1v) is 4.57. The lowest BCUT2D eigenvalue weighted by Gasteiger charge is -2.07. The Labute approximate surface area is 79.1 Å². The minimum absolute atomic E-state index is 0.000513. The first-order valence-electron chi connectivity index (χ1n) is 4.57. The SMILES string of the molecule is CC(=O)NCCCCC(C=O)N[13CH3]. The largest absolute Gasteiger partial charge is 0.356 e. The minimum Gasteiger partial charge on any atom is -0.356 e. The van der Waals surface area contributed by atoms with Crippen molar-refractivity contribution in [2.24, 2.45) is 0 Å². The predicted octanol–water partition coefficient (Wildman–Crippen LogP) is 0.0797. The van der Waals surface area contributed by atoms with Crippen LogP contribution in [0.4, 0.5) is 0 Å². The molecule has 0 saturated carbocycles. The molecule has 1 unspecified atom stereocenters. The summed E-state index contributed by atoms with van der Waals surface area (Å²) in [5.41, 5.74) is 0. The maximum atomic E-state index is 10.5. The normalized spacial score (nSPS) is 12.2. The quantitative estimate of drug-likeness (QED) is 0.337. The summed E-state index contributed by atoms with van der Waals surface area (Å²) in [5, 5.41) is 5.60. The highest BCUT2D eigenvalue weighted by atomic mass is 16.1. The lowest BCUT2D eigenvalue weighted by atomic mass is 10.1. The molecule has 0 radical (unpaired) electrons. The van der Waals surface area contributed by atoms with Gasteiger partial charge in [-0.2, -0.15) is 0 Å². The minimum atomic E-state index is -0.0441. The third kappa shape index (κ3) is 7.46. The van der Waals surface area contributed by atoms with Crippen LogP contribution in [0.3, 0.4) is 0 Å². The molecule has 0 aromatic rings. The Morgan fingerprint density at radius 2 is 2.15 bits per heavy atom. The molecule has 76 valence electrons. The first-order chi connectivity index (χ1) is 6.20. The smallest absolute Gasteiger partial charge is 0.216 e. The Kier molecular flexibility index (Phi) is 7.20. The van der Waals surface area contributed by atoms with Gasteiger partial charge in [-0.05, 0) is 26.3 Å². The topological polar surface area (TPSA) is 58.2 Å². The van der Waals surface area contributed by atoms with Crippen molar-refractivity contribution in [1.82, 2.24) is 10.6 Å². The zero-order valence-electron chi connectivity index (χ0n) is 8.30. The van der Waals surface area contributed by atoms with Crippen LogP contribution in [0.5, 0.6) is 0 Å². The van der Waals surface area contributed by atoms with Crippen LogP contribution in [-0.4, -0.2) is 31.8 Å². The molecule has 0 spiro atoms. The van der Waals surface area contributed by atoms with E-state index in [1.54, 1.807) is 7.05 Å². The van der Waals surface area contributed by atoms with Gasteiger partial charge in [0.25, 0.3) is 0 Å². The highest BCUT2D eigenvalue weighted by Gasteiger charge is 2.02. The number of rotatable bonds is 7. The zero-order valence-corrected chi connectivity index (χ0v) is 8.30. The lowest BCUT2D eigenvalue weighted by molar-refractivity contribution is -0.119. The highest BCUT2D eigenvalue weighted by molar-refractivity contribution is 5.72. The summed E-state index contributed by atoms with van der Waals surface area (Å²) in [6, 6.07) is -0.0441. The van der Waals surface area contributed by atoms with E-state index in [0.29, 0.717) is 6.54 Å². The fourth-order valence-corrected chi connectivity index (χ4v) is 1.03. The Hall–Kier alpha value is -0.900. The summed E-state index contributed by atoms with van der Waals surface area (Å²) in [5.74, 6) is 0.000513. The van der Waals surface area contributed by atoms with Crippen LogP contribution in [0.1, 0.15) is 26.2 Å². The third-order valence-corrected chi connectivity index (χ3v) is 1.85. The van der Waals surface area contributed by atoms with Gasteiger partial charge in [-0.3, -0.25) is 4.79 Å². The summed E-state index contributed by atoms with van der Waals surface area (Å²) in [6.45, 7) is 2.20. The van der Waals surface area contributed by atoms with Gasteiger partial charge in [-0.25, -0.2) is 0 Å². The molecule has 13 heavy (non-hydrogen) atoms. The number of likely N-dealkylation sites (N-methyl/N-ethyl adjacent to an activating group) is 1. The van der Waals surface area contributed by atoms with Gasteiger partial charge in [0.1, 0.15) is 6.29 Å². The van der Waals surface area contributed by atoms with E-state index >= 15 is 0 Å². The van der Waals surface area contributed by atoms with Crippen LogP contribution in [0.25, 0.3) is 0 Å². The summed E-state index contributed by atoms with van der Waals surface area (Å²) in [6.07, 6.45) is 3.62. The second kappa shape index (κ2) is 7.73. The fraction of sp³-hybridized carbons (Fsp3) is 0.778. The number of nitrogens with one attached hydrogen (secondary N) is 2. The van der Waals surface area contributed by atoms with E-state index in [2.05, 4.69) is 10.6 Å². The zero-order chi connectivity index (χ0) is 10.1. The van der Waals surface area contributed by atoms with Crippen molar-refractivity contribution in [3.63, 3.8) is 0 Å². The number of unbranched alkanes of at least 4 members (excludes halogenated alkanes) is 1. The third-order valence-electron chi connectivity index (χ3n) is 1.85. The summed E-state index contributed by atoms with van der Waals surface area (Å²) in [4.78, 5) is 20.8. The molecule has 0 aliphatic carbocycles. The van der Waals surface area contributed by atoms with Crippen molar-refractivity contribution in [3.8, 4) is 0 Å². The number of hydrogen-bond donors (Lipinski definition) is 2. The Bertz CT molecular complexity index is 160. The molecule has 1 atom stereocenters. The van der Waals surface area contributed by atoms with Crippen LogP contribution in [0.15, 0.2) is 0 Å². The fourth-order valence-electron chi connectivity index (χ4n) is 1.03. The van der Waals surface area contributed by atoms with Crippen molar-refractivity contribution in [2.45, 2.75) is 32.2 Å². The van der Waals surface area contributed by atoms with E-state index < -0.39 is 0 Å². The molecule has 0 heterocycles. The van der Waals surface area contributed by atoms with E-state index in [-0.39, 0.29) is 11.9 Å².